The van der Waals surface area contributed by atoms with E-state index in [9.17, 15) is 0 Å². The van der Waals surface area contributed by atoms with Crippen molar-refractivity contribution in [1.82, 2.24) is 10.6 Å². The molecule has 1 saturated heterocycles. The van der Waals surface area contributed by atoms with Crippen molar-refractivity contribution in [3.63, 3.8) is 0 Å². The summed E-state index contributed by atoms with van der Waals surface area (Å²) in [5.41, 5.74) is 3.60. The van der Waals surface area contributed by atoms with Crippen molar-refractivity contribution >= 4 is 15.9 Å². The zero-order valence-electron chi connectivity index (χ0n) is 16.2. The molecule has 2 aromatic rings. The van der Waals surface area contributed by atoms with E-state index >= 15 is 0 Å². The molecule has 4 nitrogen and oxygen atoms in total. The van der Waals surface area contributed by atoms with Crippen LogP contribution in [0.5, 0.6) is 11.5 Å². The highest BCUT2D eigenvalue weighted by molar-refractivity contribution is 9.10. The van der Waals surface area contributed by atoms with E-state index in [0.717, 1.165) is 48.1 Å². The third-order valence-corrected chi connectivity index (χ3v) is 5.92. The molecule has 0 unspecified atom stereocenters. The van der Waals surface area contributed by atoms with E-state index in [1.54, 1.807) is 7.11 Å². The fourth-order valence-corrected chi connectivity index (χ4v) is 3.87. The lowest BCUT2D eigenvalue weighted by Crippen LogP contribution is -2.33. The van der Waals surface area contributed by atoms with Crippen molar-refractivity contribution in [2.24, 2.45) is 5.92 Å². The third-order valence-electron chi connectivity index (χ3n) is 5.18. The molecule has 0 bridgehead atoms. The minimum Gasteiger partial charge on any atom is -0.493 e. The Kier molecular flexibility index (Phi) is 7.56. The van der Waals surface area contributed by atoms with Crippen LogP contribution in [0.15, 0.2) is 40.9 Å². The number of halogens is 1. The molecule has 0 atom stereocenters. The van der Waals surface area contributed by atoms with Crippen molar-refractivity contribution in [2.45, 2.75) is 32.9 Å². The van der Waals surface area contributed by atoms with Gasteiger partial charge in [0.1, 0.15) is 6.61 Å². The van der Waals surface area contributed by atoms with E-state index in [2.05, 4.69) is 51.7 Å². The molecule has 146 valence electrons. The van der Waals surface area contributed by atoms with Crippen molar-refractivity contribution in [2.75, 3.05) is 26.7 Å². The fraction of sp³-hybridized carbons (Fsp3) is 0.455. The number of methoxy groups -OCH3 is 1. The minimum atomic E-state index is 0.531. The Labute approximate surface area is 170 Å². The van der Waals surface area contributed by atoms with Crippen LogP contribution in [0.4, 0.5) is 0 Å². The molecule has 2 N–H and O–H groups in total. The quantitative estimate of drug-likeness (QED) is 0.646. The van der Waals surface area contributed by atoms with Gasteiger partial charge >= 0.3 is 0 Å². The predicted octanol–water partition coefficient (Wildman–Crippen LogP) is 4.43. The summed E-state index contributed by atoms with van der Waals surface area (Å²) in [6.07, 6.45) is 2.51. The molecule has 27 heavy (non-hydrogen) atoms. The molecule has 1 aliphatic heterocycles. The van der Waals surface area contributed by atoms with Crippen molar-refractivity contribution < 1.29 is 9.47 Å². The number of piperidine rings is 1. The summed E-state index contributed by atoms with van der Waals surface area (Å²) < 4.78 is 12.7. The summed E-state index contributed by atoms with van der Waals surface area (Å²) in [5.74, 6) is 2.30. The topological polar surface area (TPSA) is 42.5 Å². The molecule has 1 heterocycles. The van der Waals surface area contributed by atoms with Gasteiger partial charge in [-0.2, -0.15) is 0 Å². The van der Waals surface area contributed by atoms with Gasteiger partial charge in [-0.25, -0.2) is 0 Å². The van der Waals surface area contributed by atoms with Crippen LogP contribution in [0.1, 0.15) is 29.5 Å². The highest BCUT2D eigenvalue weighted by atomic mass is 79.9. The molecule has 5 heteroatoms. The van der Waals surface area contributed by atoms with Crippen LogP contribution in [0.2, 0.25) is 0 Å². The van der Waals surface area contributed by atoms with Crippen molar-refractivity contribution in [3.8, 4) is 11.5 Å². The maximum atomic E-state index is 6.05. The number of aryl methyl sites for hydroxylation is 1. The molecular weight excluding hydrogens is 404 g/mol. The summed E-state index contributed by atoms with van der Waals surface area (Å²) in [4.78, 5) is 0. The van der Waals surface area contributed by atoms with Gasteiger partial charge < -0.3 is 20.1 Å². The molecule has 0 amide bonds. The Balaban J connectivity index is 1.61. The molecule has 0 aliphatic carbocycles. The van der Waals surface area contributed by atoms with Gasteiger partial charge in [0.05, 0.1) is 7.11 Å². The monoisotopic (exact) mass is 432 g/mol. The number of ether oxygens (including phenoxy) is 2. The maximum absolute atomic E-state index is 6.05. The first-order valence-corrected chi connectivity index (χ1v) is 10.4. The van der Waals surface area contributed by atoms with Crippen molar-refractivity contribution in [3.05, 3.63) is 57.6 Å². The Morgan fingerprint density at radius 3 is 2.63 bits per heavy atom. The first-order valence-electron chi connectivity index (χ1n) is 9.62. The van der Waals surface area contributed by atoms with E-state index in [1.165, 1.54) is 29.5 Å². The number of benzene rings is 2. The Bertz CT molecular complexity index is 745. The first-order chi connectivity index (χ1) is 13.2. The molecule has 0 spiro atoms. The predicted molar refractivity (Wildman–Crippen MR) is 114 cm³/mol. The fourth-order valence-electron chi connectivity index (χ4n) is 3.41. The second-order valence-electron chi connectivity index (χ2n) is 7.13. The van der Waals surface area contributed by atoms with Crippen LogP contribution in [0.25, 0.3) is 0 Å². The molecule has 0 aromatic heterocycles. The zero-order valence-corrected chi connectivity index (χ0v) is 17.8. The Morgan fingerprint density at radius 1 is 1.11 bits per heavy atom. The van der Waals surface area contributed by atoms with Gasteiger partial charge in [-0.3, -0.25) is 0 Å². The molecule has 3 rings (SSSR count). The second kappa shape index (κ2) is 10.1. The number of nitrogens with one attached hydrogen (secondary N) is 2. The number of hydrogen-bond acceptors (Lipinski definition) is 4. The first kappa shape index (κ1) is 20.2. The third kappa shape index (κ3) is 5.71. The van der Waals surface area contributed by atoms with Crippen LogP contribution in [0, 0.1) is 12.8 Å². The van der Waals surface area contributed by atoms with Gasteiger partial charge in [-0.05, 0) is 74.1 Å². The van der Waals surface area contributed by atoms with Gasteiger partial charge in [0.25, 0.3) is 0 Å². The summed E-state index contributed by atoms with van der Waals surface area (Å²) in [6.45, 7) is 6.78. The SMILES string of the molecule is COc1cc(CNCC2CCNCC2)c(Br)cc1OCc1ccccc1C. The van der Waals surface area contributed by atoms with Crippen molar-refractivity contribution in [1.29, 1.82) is 0 Å². The number of rotatable bonds is 8. The van der Waals surface area contributed by atoms with E-state index in [-0.39, 0.29) is 0 Å². The molecule has 0 saturated carbocycles. The van der Waals surface area contributed by atoms with Gasteiger partial charge in [0.2, 0.25) is 0 Å². The largest absolute Gasteiger partial charge is 0.493 e. The molecule has 0 radical (unpaired) electrons. The number of hydrogen-bond donors (Lipinski definition) is 2. The van der Waals surface area contributed by atoms with Crippen LogP contribution >= 0.6 is 15.9 Å². The van der Waals surface area contributed by atoms with Gasteiger partial charge in [-0.1, -0.05) is 40.2 Å². The smallest absolute Gasteiger partial charge is 0.162 e. The standard InChI is InChI=1S/C22H29BrN2O2/c1-16-5-3-4-6-18(16)15-27-22-12-20(23)19(11-21(22)26-2)14-25-13-17-7-9-24-10-8-17/h3-6,11-12,17,24-25H,7-10,13-15H2,1-2H3. The van der Waals surface area contributed by atoms with E-state index < -0.39 is 0 Å². The van der Waals surface area contributed by atoms with Crippen LogP contribution < -0.4 is 20.1 Å². The van der Waals surface area contributed by atoms with E-state index in [0.29, 0.717) is 6.61 Å². The second-order valence-corrected chi connectivity index (χ2v) is 7.99. The lowest BCUT2D eigenvalue weighted by atomic mass is 9.98. The average Bonchev–Trinajstić information content (AvgIpc) is 2.69. The Hall–Kier alpha value is -1.56. The molecule has 1 fully saturated rings. The lowest BCUT2D eigenvalue weighted by molar-refractivity contribution is 0.283. The highest BCUT2D eigenvalue weighted by Gasteiger charge is 2.14. The van der Waals surface area contributed by atoms with E-state index in [4.69, 9.17) is 9.47 Å². The lowest BCUT2D eigenvalue weighted by Gasteiger charge is -2.23. The minimum absolute atomic E-state index is 0.531. The average molecular weight is 433 g/mol. The van der Waals surface area contributed by atoms with Gasteiger partial charge in [-0.15, -0.1) is 0 Å². The summed E-state index contributed by atoms with van der Waals surface area (Å²) in [5, 5.41) is 7.01. The summed E-state index contributed by atoms with van der Waals surface area (Å²) >= 11 is 3.69. The zero-order chi connectivity index (χ0) is 19.1. The molecular formula is C22H29BrN2O2. The van der Waals surface area contributed by atoms with Gasteiger partial charge in [0, 0.05) is 11.0 Å². The highest BCUT2D eigenvalue weighted by Crippen LogP contribution is 2.34. The molecule has 1 aliphatic rings. The van der Waals surface area contributed by atoms with Crippen LogP contribution in [-0.2, 0) is 13.2 Å². The normalized spacial score (nSPS) is 14.9. The van der Waals surface area contributed by atoms with E-state index in [1.807, 2.05) is 18.2 Å². The molecule has 2 aromatic carbocycles. The maximum Gasteiger partial charge on any atom is 0.162 e. The Morgan fingerprint density at radius 2 is 1.89 bits per heavy atom. The van der Waals surface area contributed by atoms with Crippen LogP contribution in [0.3, 0.4) is 0 Å². The summed E-state index contributed by atoms with van der Waals surface area (Å²) in [7, 11) is 1.69. The van der Waals surface area contributed by atoms with Crippen LogP contribution in [-0.4, -0.2) is 26.7 Å². The van der Waals surface area contributed by atoms with Gasteiger partial charge in [0.15, 0.2) is 11.5 Å². The summed E-state index contributed by atoms with van der Waals surface area (Å²) in [6, 6.07) is 12.3.